The van der Waals surface area contributed by atoms with E-state index >= 15 is 0 Å². The van der Waals surface area contributed by atoms with Gasteiger partial charge in [0, 0.05) is 25.6 Å². The molecule has 1 atom stereocenters. The van der Waals surface area contributed by atoms with Crippen molar-refractivity contribution in [2.75, 3.05) is 32.7 Å². The van der Waals surface area contributed by atoms with Crippen LogP contribution in [0.1, 0.15) is 25.7 Å². The summed E-state index contributed by atoms with van der Waals surface area (Å²) >= 11 is 0. The smallest absolute Gasteiger partial charge is 0.235 e. The number of carbonyl (C=O) groups excluding carboxylic acids is 1. The zero-order valence-corrected chi connectivity index (χ0v) is 9.82. The largest absolute Gasteiger partial charge is 0.301 e. The Morgan fingerprint density at radius 3 is 2.94 bits per heavy atom. The van der Waals surface area contributed by atoms with E-state index in [-0.39, 0.29) is 5.91 Å². The Hall–Kier alpha value is -0.650. The molecule has 1 unspecified atom stereocenters. The summed E-state index contributed by atoms with van der Waals surface area (Å²) in [5.41, 5.74) is 2.19. The van der Waals surface area contributed by atoms with Crippen LogP contribution >= 0.6 is 0 Å². The molecule has 0 aromatic rings. The molecular formula is C11H22N4O. The van der Waals surface area contributed by atoms with Crippen LogP contribution in [0.3, 0.4) is 0 Å². The van der Waals surface area contributed by atoms with Crippen LogP contribution in [0.2, 0.25) is 0 Å². The fraction of sp³-hybridized carbons (Fsp3) is 0.909. The number of hydrazine groups is 1. The number of nitrogens with two attached hydrogens (primary N) is 1. The maximum atomic E-state index is 11.1. The molecule has 5 heteroatoms. The topological polar surface area (TPSA) is 61.6 Å². The summed E-state index contributed by atoms with van der Waals surface area (Å²) < 4.78 is 0. The van der Waals surface area contributed by atoms with E-state index in [4.69, 9.17) is 5.84 Å². The van der Waals surface area contributed by atoms with E-state index in [9.17, 15) is 4.79 Å². The van der Waals surface area contributed by atoms with Gasteiger partial charge in [-0.25, -0.2) is 5.84 Å². The molecule has 0 saturated carbocycles. The second kappa shape index (κ2) is 5.61. The molecule has 3 N–H and O–H groups in total. The second-order valence-corrected chi connectivity index (χ2v) is 4.80. The molecule has 16 heavy (non-hydrogen) atoms. The summed E-state index contributed by atoms with van der Waals surface area (Å²) in [4.78, 5) is 16.1. The predicted octanol–water partition coefficient (Wildman–Crippen LogP) is -0.463. The van der Waals surface area contributed by atoms with Crippen LogP contribution in [0.5, 0.6) is 0 Å². The quantitative estimate of drug-likeness (QED) is 0.388. The third kappa shape index (κ3) is 2.93. The summed E-state index contributed by atoms with van der Waals surface area (Å²) in [6.07, 6.45) is 4.39. The van der Waals surface area contributed by atoms with Crippen molar-refractivity contribution in [3.05, 3.63) is 0 Å². The fourth-order valence-corrected chi connectivity index (χ4v) is 2.82. The first-order valence-electron chi connectivity index (χ1n) is 6.25. The zero-order valence-electron chi connectivity index (χ0n) is 9.82. The monoisotopic (exact) mass is 226 g/mol. The van der Waals surface area contributed by atoms with Gasteiger partial charge in [0.1, 0.15) is 0 Å². The number of nitrogens with zero attached hydrogens (tertiary/aromatic N) is 2. The highest BCUT2D eigenvalue weighted by molar-refractivity contribution is 5.75. The van der Waals surface area contributed by atoms with Crippen LogP contribution < -0.4 is 11.3 Å². The van der Waals surface area contributed by atoms with E-state index in [2.05, 4.69) is 15.2 Å². The molecule has 2 fully saturated rings. The third-order valence-corrected chi connectivity index (χ3v) is 3.70. The SMILES string of the molecule is NNC(=O)CCN1CCCN2CCCC2C1. The number of amides is 1. The molecule has 2 saturated heterocycles. The first-order chi connectivity index (χ1) is 7.79. The summed E-state index contributed by atoms with van der Waals surface area (Å²) in [5.74, 6) is 5.02. The van der Waals surface area contributed by atoms with E-state index < -0.39 is 0 Å². The lowest BCUT2D eigenvalue weighted by molar-refractivity contribution is -0.121. The summed E-state index contributed by atoms with van der Waals surface area (Å²) in [5, 5.41) is 0. The first kappa shape index (κ1) is 11.8. The normalized spacial score (nSPS) is 27.4. The van der Waals surface area contributed by atoms with Gasteiger partial charge in [0.05, 0.1) is 0 Å². The molecule has 2 aliphatic rings. The Balaban J connectivity index is 1.79. The number of carbonyl (C=O) groups is 1. The predicted molar refractivity (Wildman–Crippen MR) is 62.6 cm³/mol. The van der Waals surface area contributed by atoms with E-state index in [1.165, 1.54) is 32.4 Å². The van der Waals surface area contributed by atoms with Gasteiger partial charge in [-0.05, 0) is 38.9 Å². The number of nitrogens with one attached hydrogen (secondary N) is 1. The molecule has 0 spiro atoms. The van der Waals surface area contributed by atoms with Gasteiger partial charge in [0.25, 0.3) is 0 Å². The van der Waals surface area contributed by atoms with E-state index in [0.29, 0.717) is 6.42 Å². The first-order valence-corrected chi connectivity index (χ1v) is 6.25. The van der Waals surface area contributed by atoms with Gasteiger partial charge in [0.15, 0.2) is 0 Å². The molecule has 92 valence electrons. The highest BCUT2D eigenvalue weighted by Crippen LogP contribution is 2.21. The zero-order chi connectivity index (χ0) is 11.4. The molecule has 5 nitrogen and oxygen atoms in total. The molecule has 0 radical (unpaired) electrons. The molecule has 0 aliphatic carbocycles. The Bertz CT molecular complexity index is 246. The van der Waals surface area contributed by atoms with E-state index in [0.717, 1.165) is 25.7 Å². The van der Waals surface area contributed by atoms with Crippen molar-refractivity contribution in [2.24, 2.45) is 5.84 Å². The molecule has 2 rings (SSSR count). The van der Waals surface area contributed by atoms with Crippen LogP contribution in [0.4, 0.5) is 0 Å². The van der Waals surface area contributed by atoms with Crippen molar-refractivity contribution in [1.82, 2.24) is 15.2 Å². The summed E-state index contributed by atoms with van der Waals surface area (Å²) in [6, 6.07) is 0.725. The standard InChI is InChI=1S/C11H22N4O/c12-13-11(16)4-8-14-5-2-7-15-6-1-3-10(15)9-14/h10H,1-9,12H2,(H,13,16). The minimum Gasteiger partial charge on any atom is -0.301 e. The van der Waals surface area contributed by atoms with E-state index in [1.54, 1.807) is 0 Å². The van der Waals surface area contributed by atoms with Crippen LogP contribution in [0.15, 0.2) is 0 Å². The molecule has 1 amide bonds. The van der Waals surface area contributed by atoms with Gasteiger partial charge in [-0.3, -0.25) is 15.1 Å². The average Bonchev–Trinajstić information content (AvgIpc) is 2.64. The Kier molecular flexibility index (Phi) is 4.15. The van der Waals surface area contributed by atoms with Crippen LogP contribution in [-0.4, -0.2) is 54.5 Å². The maximum absolute atomic E-state index is 11.1. The molecule has 0 bridgehead atoms. The molecule has 0 aromatic carbocycles. The lowest BCUT2D eigenvalue weighted by Crippen LogP contribution is -2.39. The van der Waals surface area contributed by atoms with Crippen molar-refractivity contribution >= 4 is 5.91 Å². The van der Waals surface area contributed by atoms with Crippen molar-refractivity contribution in [3.8, 4) is 0 Å². The lowest BCUT2D eigenvalue weighted by atomic mass is 10.2. The van der Waals surface area contributed by atoms with Crippen molar-refractivity contribution in [1.29, 1.82) is 0 Å². The summed E-state index contributed by atoms with van der Waals surface area (Å²) in [7, 11) is 0. The maximum Gasteiger partial charge on any atom is 0.235 e. The fourth-order valence-electron chi connectivity index (χ4n) is 2.82. The number of hydrogen-bond donors (Lipinski definition) is 2. The van der Waals surface area contributed by atoms with Crippen LogP contribution in [-0.2, 0) is 4.79 Å². The van der Waals surface area contributed by atoms with Crippen molar-refractivity contribution in [2.45, 2.75) is 31.7 Å². The minimum absolute atomic E-state index is 0.0625. The average molecular weight is 226 g/mol. The van der Waals surface area contributed by atoms with Crippen molar-refractivity contribution in [3.63, 3.8) is 0 Å². The Morgan fingerprint density at radius 2 is 2.12 bits per heavy atom. The Labute approximate surface area is 96.9 Å². The van der Waals surface area contributed by atoms with Crippen LogP contribution in [0.25, 0.3) is 0 Å². The molecule has 2 aliphatic heterocycles. The number of hydrogen-bond acceptors (Lipinski definition) is 4. The second-order valence-electron chi connectivity index (χ2n) is 4.80. The third-order valence-electron chi connectivity index (χ3n) is 3.70. The molecule has 2 heterocycles. The highest BCUT2D eigenvalue weighted by atomic mass is 16.2. The van der Waals surface area contributed by atoms with Gasteiger partial charge < -0.3 is 4.90 Å². The Morgan fingerprint density at radius 1 is 1.31 bits per heavy atom. The molecule has 0 aromatic heterocycles. The van der Waals surface area contributed by atoms with Gasteiger partial charge in [-0.15, -0.1) is 0 Å². The van der Waals surface area contributed by atoms with Crippen molar-refractivity contribution < 1.29 is 4.79 Å². The molecular weight excluding hydrogens is 204 g/mol. The number of rotatable bonds is 3. The van der Waals surface area contributed by atoms with Crippen LogP contribution in [0, 0.1) is 0 Å². The lowest BCUT2D eigenvalue weighted by Gasteiger charge is -2.25. The number of fused-ring (bicyclic) bond motifs is 1. The van der Waals surface area contributed by atoms with Gasteiger partial charge >= 0.3 is 0 Å². The van der Waals surface area contributed by atoms with Gasteiger partial charge in [0.2, 0.25) is 5.91 Å². The van der Waals surface area contributed by atoms with Gasteiger partial charge in [-0.2, -0.15) is 0 Å². The minimum atomic E-state index is -0.0625. The highest BCUT2D eigenvalue weighted by Gasteiger charge is 2.28. The van der Waals surface area contributed by atoms with Gasteiger partial charge in [-0.1, -0.05) is 0 Å². The summed E-state index contributed by atoms with van der Waals surface area (Å²) in [6.45, 7) is 5.57. The van der Waals surface area contributed by atoms with E-state index in [1.807, 2.05) is 0 Å².